The van der Waals surface area contributed by atoms with Crippen LogP contribution in [0.25, 0.3) is 75.1 Å². The Morgan fingerprint density at radius 1 is 0.418 bits per heavy atom. The second-order valence-corrected chi connectivity index (χ2v) is 16.4. The van der Waals surface area contributed by atoms with E-state index in [4.69, 9.17) is 0 Å². The summed E-state index contributed by atoms with van der Waals surface area (Å²) in [4.78, 5) is 2.51. The van der Waals surface area contributed by atoms with Crippen LogP contribution in [0.5, 0.6) is 0 Å². The maximum Gasteiger partial charge on any atom is 0.0547 e. The largest absolute Gasteiger partial charge is 0.310 e. The molecule has 0 spiro atoms. The molecule has 55 heavy (non-hydrogen) atoms. The summed E-state index contributed by atoms with van der Waals surface area (Å²) in [7, 11) is 0. The number of nitrogens with zero attached hydrogens (tertiary/aromatic N) is 1. The van der Waals surface area contributed by atoms with Gasteiger partial charge < -0.3 is 4.90 Å². The van der Waals surface area contributed by atoms with Gasteiger partial charge in [-0.3, -0.25) is 0 Å². The van der Waals surface area contributed by atoms with Crippen LogP contribution < -0.4 is 4.90 Å². The minimum atomic E-state index is -0.130. The topological polar surface area (TPSA) is 3.24 Å². The first kappa shape index (κ1) is 32.0. The van der Waals surface area contributed by atoms with E-state index in [1.165, 1.54) is 86.2 Å². The number of thiophene rings is 1. The Balaban J connectivity index is 1.20. The van der Waals surface area contributed by atoms with Gasteiger partial charge in [0.2, 0.25) is 0 Å². The summed E-state index contributed by atoms with van der Waals surface area (Å²) in [6.45, 7) is 4.74. The van der Waals surface area contributed by atoms with Gasteiger partial charge in [0.1, 0.15) is 0 Å². The van der Waals surface area contributed by atoms with Gasteiger partial charge in [-0.15, -0.1) is 11.3 Å². The summed E-state index contributed by atoms with van der Waals surface area (Å²) in [5.41, 5.74) is 13.6. The monoisotopic (exact) mass is 719 g/mol. The van der Waals surface area contributed by atoms with Crippen molar-refractivity contribution in [3.8, 4) is 33.4 Å². The third kappa shape index (κ3) is 5.06. The molecule has 0 radical (unpaired) electrons. The number of hydrogen-bond acceptors (Lipinski definition) is 2. The lowest BCUT2D eigenvalue weighted by molar-refractivity contribution is 0.660. The molecule has 1 aliphatic carbocycles. The van der Waals surface area contributed by atoms with Crippen LogP contribution in [0.2, 0.25) is 0 Å². The summed E-state index contributed by atoms with van der Waals surface area (Å²) < 4.78 is 2.60. The van der Waals surface area contributed by atoms with E-state index in [0.29, 0.717) is 0 Å². The Morgan fingerprint density at radius 3 is 1.87 bits per heavy atom. The molecule has 1 nitrogen and oxygen atoms in total. The van der Waals surface area contributed by atoms with Crippen LogP contribution in [0.3, 0.4) is 0 Å². The van der Waals surface area contributed by atoms with Crippen molar-refractivity contribution in [2.24, 2.45) is 0 Å². The van der Waals surface area contributed by atoms with Crippen molar-refractivity contribution in [3.63, 3.8) is 0 Å². The quantitative estimate of drug-likeness (QED) is 0.171. The number of benzene rings is 9. The van der Waals surface area contributed by atoms with Crippen LogP contribution >= 0.6 is 11.3 Å². The third-order valence-electron chi connectivity index (χ3n) is 11.8. The lowest BCUT2D eigenvalue weighted by atomic mass is 9.82. The second-order valence-electron chi connectivity index (χ2n) is 15.3. The van der Waals surface area contributed by atoms with Gasteiger partial charge in [-0.25, -0.2) is 0 Å². The molecule has 260 valence electrons. The van der Waals surface area contributed by atoms with Crippen molar-refractivity contribution in [2.75, 3.05) is 4.90 Å². The van der Waals surface area contributed by atoms with Gasteiger partial charge in [-0.2, -0.15) is 0 Å². The lowest BCUT2D eigenvalue weighted by Gasteiger charge is -2.30. The van der Waals surface area contributed by atoms with Gasteiger partial charge in [0.15, 0.2) is 0 Å². The summed E-state index contributed by atoms with van der Waals surface area (Å²) in [5, 5.41) is 7.58. The first-order valence-electron chi connectivity index (χ1n) is 19.1. The van der Waals surface area contributed by atoms with Gasteiger partial charge in [-0.1, -0.05) is 147 Å². The number of anilines is 3. The molecule has 10 aromatic rings. The van der Waals surface area contributed by atoms with Gasteiger partial charge in [0, 0.05) is 42.5 Å². The average molecular weight is 720 g/mol. The maximum absolute atomic E-state index is 2.51. The van der Waals surface area contributed by atoms with Crippen LogP contribution in [0.4, 0.5) is 17.1 Å². The van der Waals surface area contributed by atoms with E-state index in [0.717, 1.165) is 17.1 Å². The zero-order valence-electron chi connectivity index (χ0n) is 30.8. The van der Waals surface area contributed by atoms with E-state index in [1.54, 1.807) is 0 Å². The van der Waals surface area contributed by atoms with Crippen molar-refractivity contribution in [1.29, 1.82) is 0 Å². The smallest absolute Gasteiger partial charge is 0.0547 e. The molecule has 1 aliphatic rings. The number of hydrogen-bond donors (Lipinski definition) is 0. The Morgan fingerprint density at radius 2 is 1.05 bits per heavy atom. The molecule has 2 heteroatoms. The predicted molar refractivity (Wildman–Crippen MR) is 237 cm³/mol. The van der Waals surface area contributed by atoms with Gasteiger partial charge in [-0.05, 0) is 115 Å². The summed E-state index contributed by atoms with van der Waals surface area (Å²) in [6.07, 6.45) is 0. The van der Waals surface area contributed by atoms with Gasteiger partial charge in [0.05, 0.1) is 5.69 Å². The van der Waals surface area contributed by atoms with Crippen LogP contribution in [0.15, 0.2) is 188 Å². The molecule has 0 N–H and O–H groups in total. The minimum absolute atomic E-state index is 0.130. The fourth-order valence-corrected chi connectivity index (χ4v) is 10.2. The van der Waals surface area contributed by atoms with Crippen LogP contribution in [0, 0.1) is 0 Å². The van der Waals surface area contributed by atoms with Gasteiger partial charge in [0.25, 0.3) is 0 Å². The second kappa shape index (κ2) is 12.3. The number of rotatable bonds is 5. The van der Waals surface area contributed by atoms with Crippen LogP contribution in [-0.2, 0) is 5.41 Å². The molecular formula is C53H37NS. The molecule has 0 fully saturated rings. The highest BCUT2D eigenvalue weighted by molar-refractivity contribution is 7.26. The Kier molecular flexibility index (Phi) is 7.14. The van der Waals surface area contributed by atoms with Crippen LogP contribution in [0.1, 0.15) is 25.0 Å². The lowest BCUT2D eigenvalue weighted by Crippen LogP contribution is -2.17. The molecule has 0 amide bonds. The highest BCUT2D eigenvalue weighted by Crippen LogP contribution is 2.53. The Bertz CT molecular complexity index is 3150. The van der Waals surface area contributed by atoms with Crippen molar-refractivity contribution >= 4 is 70.1 Å². The molecule has 0 bridgehead atoms. The van der Waals surface area contributed by atoms with Crippen molar-refractivity contribution in [2.45, 2.75) is 19.3 Å². The summed E-state index contributed by atoms with van der Waals surface area (Å²) >= 11 is 1.88. The third-order valence-corrected chi connectivity index (χ3v) is 12.9. The van der Waals surface area contributed by atoms with Crippen molar-refractivity contribution in [3.05, 3.63) is 199 Å². The highest BCUT2D eigenvalue weighted by atomic mass is 32.1. The fraction of sp³-hybridized carbons (Fsp3) is 0.0566. The van der Waals surface area contributed by atoms with E-state index in [1.807, 2.05) is 11.3 Å². The molecule has 0 saturated heterocycles. The zero-order chi connectivity index (χ0) is 36.7. The molecule has 11 rings (SSSR count). The predicted octanol–water partition coefficient (Wildman–Crippen LogP) is 15.5. The fourth-order valence-electron chi connectivity index (χ4n) is 9.08. The summed E-state index contributed by atoms with van der Waals surface area (Å²) in [6, 6.07) is 69.9. The van der Waals surface area contributed by atoms with Crippen LogP contribution in [-0.4, -0.2) is 0 Å². The zero-order valence-corrected chi connectivity index (χ0v) is 31.6. The molecule has 9 aromatic carbocycles. The Labute approximate surface area is 325 Å². The molecule has 0 atom stereocenters. The first-order valence-corrected chi connectivity index (χ1v) is 19.9. The molecule has 0 aliphatic heterocycles. The molecule has 0 unspecified atom stereocenters. The molecule has 0 saturated carbocycles. The van der Waals surface area contributed by atoms with E-state index in [2.05, 4.69) is 207 Å². The normalized spacial score (nSPS) is 13.1. The highest BCUT2D eigenvalue weighted by Gasteiger charge is 2.36. The Hall–Kier alpha value is -6.48. The summed E-state index contributed by atoms with van der Waals surface area (Å²) in [5.74, 6) is 0. The van der Waals surface area contributed by atoms with E-state index < -0.39 is 0 Å². The van der Waals surface area contributed by atoms with E-state index in [-0.39, 0.29) is 5.41 Å². The maximum atomic E-state index is 2.51. The molecular weight excluding hydrogens is 683 g/mol. The first-order chi connectivity index (χ1) is 27.0. The standard InChI is InChI=1S/C53H37NS/c1-53(2)46-20-9-7-18-43(46)44-27-26-42(33-47(44)53)54(41-17-11-16-38(32-41)39-24-22-34-12-3-5-14-36(34)30-39)48-28-29-50-52(45-19-8-10-21-49(45)55-50)51(48)40-25-23-35-13-4-6-15-37(35)31-40/h3-33H,1-2H3. The molecule has 1 heterocycles. The minimum Gasteiger partial charge on any atom is -0.310 e. The van der Waals surface area contributed by atoms with E-state index in [9.17, 15) is 0 Å². The number of fused-ring (bicyclic) bond motifs is 8. The van der Waals surface area contributed by atoms with E-state index >= 15 is 0 Å². The average Bonchev–Trinajstić information content (AvgIpc) is 3.72. The SMILES string of the molecule is CC1(C)c2ccccc2-c2ccc(N(c3cccc(-c4ccc5ccccc5c4)c3)c3ccc4sc5ccccc5c4c3-c3ccc4ccccc4c3)cc21. The van der Waals surface area contributed by atoms with Crippen molar-refractivity contribution < 1.29 is 0 Å². The van der Waals surface area contributed by atoms with Gasteiger partial charge >= 0.3 is 0 Å². The van der Waals surface area contributed by atoms with Crippen molar-refractivity contribution in [1.82, 2.24) is 0 Å². The molecule has 1 aromatic heterocycles.